The molecule has 0 fully saturated rings. The first-order valence-corrected chi connectivity index (χ1v) is 9.35. The molecule has 0 saturated heterocycles. The highest BCUT2D eigenvalue weighted by Gasteiger charge is 2.15. The van der Waals surface area contributed by atoms with Crippen LogP contribution in [0.3, 0.4) is 0 Å². The quantitative estimate of drug-likeness (QED) is 0.660. The molecule has 0 bridgehead atoms. The van der Waals surface area contributed by atoms with Crippen LogP contribution in [-0.4, -0.2) is 39.3 Å². The third-order valence-corrected chi connectivity index (χ3v) is 4.32. The second kappa shape index (κ2) is 10.4. The summed E-state index contributed by atoms with van der Waals surface area (Å²) in [5, 5.41) is 4.21. The number of likely N-dealkylation sites (N-methyl/N-ethyl adjacent to an activating group) is 1. The van der Waals surface area contributed by atoms with E-state index < -0.39 is 0 Å². The molecule has 0 aliphatic carbocycles. The van der Waals surface area contributed by atoms with E-state index in [1.54, 1.807) is 7.11 Å². The van der Waals surface area contributed by atoms with Gasteiger partial charge in [-0.05, 0) is 43.8 Å². The SMILES string of the molecule is CCCOc1c(Cl)cc(CNC(CN(C)C)c2ccccc2)cc1OC. The molecular formula is C21H29ClN2O2. The summed E-state index contributed by atoms with van der Waals surface area (Å²) >= 11 is 6.42. The van der Waals surface area contributed by atoms with Gasteiger partial charge in [-0.3, -0.25) is 0 Å². The topological polar surface area (TPSA) is 33.7 Å². The third-order valence-electron chi connectivity index (χ3n) is 4.04. The van der Waals surface area contributed by atoms with Crippen molar-refractivity contribution in [2.45, 2.75) is 25.9 Å². The van der Waals surface area contributed by atoms with E-state index in [-0.39, 0.29) is 6.04 Å². The lowest BCUT2D eigenvalue weighted by Gasteiger charge is -2.23. The molecule has 1 atom stereocenters. The maximum Gasteiger partial charge on any atom is 0.179 e. The van der Waals surface area contributed by atoms with E-state index >= 15 is 0 Å². The van der Waals surface area contributed by atoms with Gasteiger partial charge in [0.25, 0.3) is 0 Å². The summed E-state index contributed by atoms with van der Waals surface area (Å²) in [5.41, 5.74) is 2.33. The number of hydrogen-bond donors (Lipinski definition) is 1. The number of hydrogen-bond acceptors (Lipinski definition) is 4. The molecule has 0 radical (unpaired) electrons. The minimum Gasteiger partial charge on any atom is -0.493 e. The van der Waals surface area contributed by atoms with Crippen LogP contribution < -0.4 is 14.8 Å². The lowest BCUT2D eigenvalue weighted by molar-refractivity contribution is 0.294. The fraction of sp³-hybridized carbons (Fsp3) is 0.429. The van der Waals surface area contributed by atoms with Crippen molar-refractivity contribution >= 4 is 11.6 Å². The van der Waals surface area contributed by atoms with Crippen LogP contribution in [0.25, 0.3) is 0 Å². The maximum atomic E-state index is 6.42. The van der Waals surface area contributed by atoms with E-state index in [4.69, 9.17) is 21.1 Å². The van der Waals surface area contributed by atoms with Crippen molar-refractivity contribution in [3.63, 3.8) is 0 Å². The van der Waals surface area contributed by atoms with E-state index in [2.05, 4.69) is 55.5 Å². The normalized spacial score (nSPS) is 12.2. The summed E-state index contributed by atoms with van der Waals surface area (Å²) in [5.74, 6) is 1.29. The van der Waals surface area contributed by atoms with Gasteiger partial charge in [0.15, 0.2) is 11.5 Å². The molecule has 142 valence electrons. The lowest BCUT2D eigenvalue weighted by atomic mass is 10.1. The van der Waals surface area contributed by atoms with E-state index in [1.165, 1.54) is 5.56 Å². The molecule has 0 aliphatic rings. The maximum absolute atomic E-state index is 6.42. The highest BCUT2D eigenvalue weighted by atomic mass is 35.5. The van der Waals surface area contributed by atoms with Gasteiger partial charge in [-0.15, -0.1) is 0 Å². The van der Waals surface area contributed by atoms with Crippen molar-refractivity contribution in [3.8, 4) is 11.5 Å². The number of ether oxygens (including phenoxy) is 2. The zero-order chi connectivity index (χ0) is 18.9. The Morgan fingerprint density at radius 3 is 2.50 bits per heavy atom. The molecule has 0 aliphatic heterocycles. The second-order valence-corrected chi connectivity index (χ2v) is 6.97. The third kappa shape index (κ3) is 5.90. The Bertz CT molecular complexity index is 677. The van der Waals surface area contributed by atoms with Gasteiger partial charge >= 0.3 is 0 Å². The minimum atomic E-state index is 0.229. The highest BCUT2D eigenvalue weighted by Crippen LogP contribution is 2.36. The number of rotatable bonds is 10. The number of benzene rings is 2. The summed E-state index contributed by atoms with van der Waals surface area (Å²) in [4.78, 5) is 2.18. The molecule has 0 aromatic heterocycles. The molecule has 5 heteroatoms. The van der Waals surface area contributed by atoms with Crippen LogP contribution in [0, 0.1) is 0 Å². The van der Waals surface area contributed by atoms with Gasteiger partial charge in [0.2, 0.25) is 0 Å². The monoisotopic (exact) mass is 376 g/mol. The van der Waals surface area contributed by atoms with Crippen molar-refractivity contribution in [1.82, 2.24) is 10.2 Å². The van der Waals surface area contributed by atoms with Crippen molar-refractivity contribution in [2.24, 2.45) is 0 Å². The van der Waals surface area contributed by atoms with Crippen LogP contribution in [0.2, 0.25) is 5.02 Å². The smallest absolute Gasteiger partial charge is 0.179 e. The Balaban J connectivity index is 2.14. The molecule has 1 N–H and O–H groups in total. The van der Waals surface area contributed by atoms with Crippen LogP contribution in [0.1, 0.15) is 30.5 Å². The van der Waals surface area contributed by atoms with Crippen LogP contribution >= 0.6 is 11.6 Å². The molecular weight excluding hydrogens is 348 g/mol. The Kier molecular flexibility index (Phi) is 8.23. The fourth-order valence-corrected chi connectivity index (χ4v) is 3.09. The first-order valence-electron chi connectivity index (χ1n) is 8.97. The number of halogens is 1. The van der Waals surface area contributed by atoms with Gasteiger partial charge in [-0.25, -0.2) is 0 Å². The summed E-state index contributed by atoms with van der Waals surface area (Å²) in [6.07, 6.45) is 0.923. The largest absolute Gasteiger partial charge is 0.493 e. The van der Waals surface area contributed by atoms with Gasteiger partial charge in [-0.2, -0.15) is 0 Å². The van der Waals surface area contributed by atoms with Gasteiger partial charge in [0, 0.05) is 19.1 Å². The summed E-state index contributed by atoms with van der Waals surface area (Å²) in [7, 11) is 5.80. The predicted octanol–water partition coefficient (Wildman–Crippen LogP) is 4.53. The van der Waals surface area contributed by atoms with E-state index in [9.17, 15) is 0 Å². The molecule has 0 amide bonds. The number of methoxy groups -OCH3 is 1. The fourth-order valence-electron chi connectivity index (χ4n) is 2.80. The Morgan fingerprint density at radius 2 is 1.88 bits per heavy atom. The summed E-state index contributed by atoms with van der Waals surface area (Å²) in [6, 6.07) is 14.6. The van der Waals surface area contributed by atoms with Crippen LogP contribution in [0.15, 0.2) is 42.5 Å². The molecule has 26 heavy (non-hydrogen) atoms. The van der Waals surface area contributed by atoms with E-state index in [1.807, 2.05) is 18.2 Å². The Hall–Kier alpha value is -1.75. The van der Waals surface area contributed by atoms with Crippen molar-refractivity contribution in [2.75, 3.05) is 34.4 Å². The highest BCUT2D eigenvalue weighted by molar-refractivity contribution is 6.32. The summed E-state index contributed by atoms with van der Waals surface area (Å²) in [6.45, 7) is 4.28. The Labute approximate surface area is 162 Å². The van der Waals surface area contributed by atoms with Crippen molar-refractivity contribution in [3.05, 3.63) is 58.6 Å². The summed E-state index contributed by atoms with van der Waals surface area (Å²) < 4.78 is 11.2. The van der Waals surface area contributed by atoms with Gasteiger partial charge in [0.05, 0.1) is 18.7 Å². The minimum absolute atomic E-state index is 0.229. The first kappa shape index (κ1) is 20.6. The molecule has 0 spiro atoms. The van der Waals surface area contributed by atoms with E-state index in [0.29, 0.717) is 29.7 Å². The van der Waals surface area contributed by atoms with Gasteiger partial charge in [0.1, 0.15) is 0 Å². The van der Waals surface area contributed by atoms with Crippen molar-refractivity contribution in [1.29, 1.82) is 0 Å². The van der Waals surface area contributed by atoms with Crippen LogP contribution in [0.5, 0.6) is 11.5 Å². The zero-order valence-corrected chi connectivity index (χ0v) is 16.8. The Morgan fingerprint density at radius 1 is 1.15 bits per heavy atom. The van der Waals surface area contributed by atoms with E-state index in [0.717, 1.165) is 18.5 Å². The molecule has 1 unspecified atom stereocenters. The average molecular weight is 377 g/mol. The standard InChI is InChI=1S/C21H29ClN2O2/c1-5-11-26-21-18(22)12-16(13-20(21)25-4)14-23-19(15-24(2)3)17-9-7-6-8-10-17/h6-10,12-13,19,23H,5,11,14-15H2,1-4H3. The average Bonchev–Trinajstić information content (AvgIpc) is 2.64. The van der Waals surface area contributed by atoms with Crippen LogP contribution in [0.4, 0.5) is 0 Å². The van der Waals surface area contributed by atoms with Gasteiger partial charge < -0.3 is 19.7 Å². The molecule has 2 aromatic rings. The van der Waals surface area contributed by atoms with Crippen molar-refractivity contribution < 1.29 is 9.47 Å². The predicted molar refractivity (Wildman–Crippen MR) is 108 cm³/mol. The molecule has 0 heterocycles. The zero-order valence-electron chi connectivity index (χ0n) is 16.1. The first-order chi connectivity index (χ1) is 12.5. The number of nitrogens with zero attached hydrogens (tertiary/aromatic N) is 1. The molecule has 2 aromatic carbocycles. The lowest BCUT2D eigenvalue weighted by Crippen LogP contribution is -2.30. The molecule has 4 nitrogen and oxygen atoms in total. The van der Waals surface area contributed by atoms with Crippen LogP contribution in [-0.2, 0) is 6.54 Å². The molecule has 0 saturated carbocycles. The second-order valence-electron chi connectivity index (χ2n) is 6.56. The number of nitrogens with one attached hydrogen (secondary N) is 1. The molecule has 2 rings (SSSR count). The van der Waals surface area contributed by atoms with Gasteiger partial charge in [-0.1, -0.05) is 48.9 Å².